The van der Waals surface area contributed by atoms with Crippen LogP contribution in [-0.2, 0) is 9.53 Å². The zero-order chi connectivity index (χ0) is 21.1. The fourth-order valence-electron chi connectivity index (χ4n) is 3.51. The van der Waals surface area contributed by atoms with E-state index >= 15 is 0 Å². The average Bonchev–Trinajstić information content (AvgIpc) is 3.14. The summed E-state index contributed by atoms with van der Waals surface area (Å²) >= 11 is 1.34. The van der Waals surface area contributed by atoms with Gasteiger partial charge in [0.05, 0.1) is 19.3 Å². The number of carbonyl (C=O) groups is 2. The Hall–Kier alpha value is -2.88. The summed E-state index contributed by atoms with van der Waals surface area (Å²) in [6.45, 7) is 1.69. The topological polar surface area (TPSA) is 83.6 Å². The Morgan fingerprint density at radius 3 is 2.87 bits per heavy atom. The molecule has 1 atom stereocenters. The number of ether oxygens (including phenoxy) is 1. The van der Waals surface area contributed by atoms with Gasteiger partial charge in [0, 0.05) is 43.0 Å². The van der Waals surface area contributed by atoms with Crippen LogP contribution in [0.15, 0.2) is 42.6 Å². The van der Waals surface area contributed by atoms with Gasteiger partial charge in [0.2, 0.25) is 5.91 Å². The van der Waals surface area contributed by atoms with E-state index in [1.165, 1.54) is 35.6 Å². The highest BCUT2D eigenvalue weighted by atomic mass is 32.1. The molecule has 0 aliphatic carbocycles. The third kappa shape index (κ3) is 4.33. The van der Waals surface area contributed by atoms with Crippen molar-refractivity contribution in [2.24, 2.45) is 0 Å². The Morgan fingerprint density at radius 2 is 2.10 bits per heavy atom. The maximum absolute atomic E-state index is 13.0. The molecule has 3 heterocycles. The monoisotopic (exact) mass is 428 g/mol. The Kier molecular flexibility index (Phi) is 6.03. The fourth-order valence-corrected chi connectivity index (χ4v) is 4.65. The number of nitrogens with zero attached hydrogens (tertiary/aromatic N) is 2. The van der Waals surface area contributed by atoms with E-state index in [2.05, 4.69) is 15.6 Å². The van der Waals surface area contributed by atoms with Gasteiger partial charge in [-0.15, -0.1) is 11.3 Å². The van der Waals surface area contributed by atoms with Crippen LogP contribution in [0.3, 0.4) is 0 Å². The molecular formula is C21H21FN4O3S. The van der Waals surface area contributed by atoms with Crippen LogP contribution < -0.4 is 10.6 Å². The highest BCUT2D eigenvalue weighted by Gasteiger charge is 2.30. The van der Waals surface area contributed by atoms with Crippen molar-refractivity contribution in [1.82, 2.24) is 15.2 Å². The number of pyridine rings is 1. The summed E-state index contributed by atoms with van der Waals surface area (Å²) < 4.78 is 19.0. The van der Waals surface area contributed by atoms with E-state index in [9.17, 15) is 14.0 Å². The van der Waals surface area contributed by atoms with Gasteiger partial charge >= 0.3 is 0 Å². The molecule has 1 aliphatic heterocycles. The molecule has 2 amide bonds. The van der Waals surface area contributed by atoms with Gasteiger partial charge in [0.25, 0.3) is 5.91 Å². The predicted octanol–water partition coefficient (Wildman–Crippen LogP) is 2.81. The first-order valence-electron chi connectivity index (χ1n) is 9.54. The molecule has 3 aromatic rings. The van der Waals surface area contributed by atoms with Crippen molar-refractivity contribution in [2.75, 3.05) is 38.6 Å². The molecule has 1 fully saturated rings. The number of morpholine rings is 1. The van der Waals surface area contributed by atoms with Crippen molar-refractivity contribution in [3.63, 3.8) is 0 Å². The quantitative estimate of drug-likeness (QED) is 0.653. The summed E-state index contributed by atoms with van der Waals surface area (Å²) in [5, 5.41) is 6.35. The second kappa shape index (κ2) is 8.86. The van der Waals surface area contributed by atoms with E-state index in [1.54, 1.807) is 13.2 Å². The van der Waals surface area contributed by atoms with E-state index in [0.29, 0.717) is 30.3 Å². The van der Waals surface area contributed by atoms with Gasteiger partial charge in [-0.1, -0.05) is 6.07 Å². The number of aromatic nitrogens is 1. The number of benzene rings is 1. The summed E-state index contributed by atoms with van der Waals surface area (Å²) in [7, 11) is 1.59. The lowest BCUT2D eigenvalue weighted by molar-refractivity contribution is -0.119. The molecular weight excluding hydrogens is 407 g/mol. The van der Waals surface area contributed by atoms with Gasteiger partial charge in [-0.3, -0.25) is 14.5 Å². The van der Waals surface area contributed by atoms with E-state index in [-0.39, 0.29) is 30.3 Å². The largest absolute Gasteiger partial charge is 0.371 e. The molecule has 2 aromatic heterocycles. The number of rotatable bonds is 5. The van der Waals surface area contributed by atoms with Crippen LogP contribution in [0.25, 0.3) is 10.2 Å². The minimum Gasteiger partial charge on any atom is -0.371 e. The van der Waals surface area contributed by atoms with Crippen LogP contribution in [0.1, 0.15) is 21.3 Å². The molecule has 0 spiro atoms. The van der Waals surface area contributed by atoms with Crippen molar-refractivity contribution in [3.05, 3.63) is 58.9 Å². The first-order valence-corrected chi connectivity index (χ1v) is 10.4. The maximum atomic E-state index is 13.0. The van der Waals surface area contributed by atoms with Crippen molar-refractivity contribution >= 4 is 39.1 Å². The highest BCUT2D eigenvalue weighted by Crippen LogP contribution is 2.37. The number of carbonyl (C=O) groups excluding carboxylic acids is 2. The van der Waals surface area contributed by atoms with Gasteiger partial charge in [-0.05, 0) is 30.3 Å². The number of amides is 2. The third-order valence-electron chi connectivity index (χ3n) is 4.91. The number of fused-ring (bicyclic) bond motifs is 1. The summed E-state index contributed by atoms with van der Waals surface area (Å²) in [4.78, 5) is 32.6. The Balaban J connectivity index is 1.51. The third-order valence-corrected chi connectivity index (χ3v) is 6.03. The molecule has 0 radical (unpaired) electrons. The number of hydrogen-bond donors (Lipinski definition) is 2. The summed E-state index contributed by atoms with van der Waals surface area (Å²) in [5.74, 6) is -0.721. The Bertz CT molecular complexity index is 1070. The molecule has 1 saturated heterocycles. The van der Waals surface area contributed by atoms with Crippen molar-refractivity contribution in [1.29, 1.82) is 0 Å². The molecule has 4 rings (SSSR count). The molecule has 1 aliphatic rings. The number of hydrogen-bond acceptors (Lipinski definition) is 6. The van der Waals surface area contributed by atoms with Crippen molar-refractivity contribution in [3.8, 4) is 0 Å². The minimum atomic E-state index is -0.353. The van der Waals surface area contributed by atoms with Crippen LogP contribution in [-0.4, -0.2) is 55.0 Å². The lowest BCUT2D eigenvalue weighted by atomic mass is 10.0. The Labute approximate surface area is 176 Å². The van der Waals surface area contributed by atoms with E-state index in [4.69, 9.17) is 4.74 Å². The van der Waals surface area contributed by atoms with Gasteiger partial charge in [-0.2, -0.15) is 0 Å². The van der Waals surface area contributed by atoms with Crippen LogP contribution in [0, 0.1) is 5.82 Å². The first-order chi connectivity index (χ1) is 14.5. The SMILES string of the molecule is CNC(=O)c1sc2ncccc2c1[C@H]1CN(CC(=O)Nc2ccc(F)cc2)CCO1. The highest BCUT2D eigenvalue weighted by molar-refractivity contribution is 7.20. The number of anilines is 1. The number of thiophene rings is 1. The number of nitrogens with one attached hydrogen (secondary N) is 2. The maximum Gasteiger partial charge on any atom is 0.261 e. The average molecular weight is 428 g/mol. The van der Waals surface area contributed by atoms with Crippen LogP contribution >= 0.6 is 11.3 Å². The van der Waals surface area contributed by atoms with Crippen LogP contribution in [0.2, 0.25) is 0 Å². The molecule has 9 heteroatoms. The fraction of sp³-hybridized carbons (Fsp3) is 0.286. The second-order valence-corrected chi connectivity index (χ2v) is 7.93. The van der Waals surface area contributed by atoms with E-state index in [0.717, 1.165) is 15.8 Å². The Morgan fingerprint density at radius 1 is 1.30 bits per heavy atom. The molecule has 0 bridgehead atoms. The standard InChI is InChI=1S/C21H21FN4O3S/c1-23-20(28)19-18(15-3-2-8-24-21(15)30-19)16-11-26(9-10-29-16)12-17(27)25-14-6-4-13(22)5-7-14/h2-8,16H,9-12H2,1H3,(H,23,28)(H,25,27)/t16-/m1/s1. The van der Waals surface area contributed by atoms with Crippen molar-refractivity contribution < 1.29 is 18.7 Å². The summed E-state index contributed by atoms with van der Waals surface area (Å²) in [6, 6.07) is 9.42. The smallest absolute Gasteiger partial charge is 0.261 e. The van der Waals surface area contributed by atoms with Gasteiger partial charge in [0.1, 0.15) is 15.5 Å². The lowest BCUT2D eigenvalue weighted by Gasteiger charge is -2.32. The molecule has 0 unspecified atom stereocenters. The predicted molar refractivity (Wildman–Crippen MR) is 113 cm³/mol. The zero-order valence-electron chi connectivity index (χ0n) is 16.4. The van der Waals surface area contributed by atoms with E-state index < -0.39 is 0 Å². The molecule has 156 valence electrons. The first kappa shape index (κ1) is 20.4. The zero-order valence-corrected chi connectivity index (χ0v) is 17.2. The van der Waals surface area contributed by atoms with Gasteiger partial charge in [0.15, 0.2) is 0 Å². The van der Waals surface area contributed by atoms with Crippen LogP contribution in [0.5, 0.6) is 0 Å². The molecule has 30 heavy (non-hydrogen) atoms. The molecule has 1 aromatic carbocycles. The molecule has 0 saturated carbocycles. The summed E-state index contributed by atoms with van der Waals surface area (Å²) in [5.41, 5.74) is 1.36. The molecule has 2 N–H and O–H groups in total. The summed E-state index contributed by atoms with van der Waals surface area (Å²) in [6.07, 6.45) is 1.35. The lowest BCUT2D eigenvalue weighted by Crippen LogP contribution is -2.42. The van der Waals surface area contributed by atoms with Gasteiger partial charge < -0.3 is 15.4 Å². The van der Waals surface area contributed by atoms with E-state index in [1.807, 2.05) is 17.0 Å². The van der Waals surface area contributed by atoms with Gasteiger partial charge in [-0.25, -0.2) is 9.37 Å². The minimum absolute atomic E-state index is 0.173. The number of halogens is 1. The van der Waals surface area contributed by atoms with Crippen molar-refractivity contribution in [2.45, 2.75) is 6.10 Å². The van der Waals surface area contributed by atoms with Crippen LogP contribution in [0.4, 0.5) is 10.1 Å². The second-order valence-electron chi connectivity index (χ2n) is 6.93. The molecule has 7 nitrogen and oxygen atoms in total. The normalized spacial score (nSPS) is 17.1.